The third-order valence-electron chi connectivity index (χ3n) is 3.04. The summed E-state index contributed by atoms with van der Waals surface area (Å²) < 4.78 is 18.2. The van der Waals surface area contributed by atoms with Gasteiger partial charge >= 0.3 is 0 Å². The van der Waals surface area contributed by atoms with Gasteiger partial charge in [-0.1, -0.05) is 23.7 Å². The van der Waals surface area contributed by atoms with Crippen LogP contribution in [-0.4, -0.2) is 18.8 Å². The zero-order valence-electron chi connectivity index (χ0n) is 12.0. The Morgan fingerprint density at radius 2 is 1.95 bits per heavy atom. The summed E-state index contributed by atoms with van der Waals surface area (Å²) in [5.41, 5.74) is 1.83. The highest BCUT2D eigenvalue weighted by atomic mass is 35.5. The molecule has 2 N–H and O–H groups in total. The van der Waals surface area contributed by atoms with E-state index in [0.717, 1.165) is 12.2 Å². The van der Waals surface area contributed by atoms with E-state index in [1.54, 1.807) is 13.2 Å². The van der Waals surface area contributed by atoms with Gasteiger partial charge in [-0.3, -0.25) is 0 Å². The molecular weight excluding hydrogens is 323 g/mol. The van der Waals surface area contributed by atoms with Gasteiger partial charge in [-0.15, -0.1) is 0 Å². The van der Waals surface area contributed by atoms with Crippen molar-refractivity contribution in [3.63, 3.8) is 0 Å². The average molecular weight is 339 g/mol. The molecule has 2 aromatic carbocycles. The molecule has 3 nitrogen and oxygen atoms in total. The second-order valence-electron chi connectivity index (χ2n) is 4.61. The molecule has 0 saturated heterocycles. The molecule has 0 aliphatic heterocycles. The van der Waals surface area contributed by atoms with Gasteiger partial charge in [-0.25, -0.2) is 4.39 Å². The maximum absolute atomic E-state index is 13.1. The number of hydrogen-bond acceptors (Lipinski definition) is 2. The Morgan fingerprint density at radius 1 is 1.23 bits per heavy atom. The molecule has 6 heteroatoms. The van der Waals surface area contributed by atoms with Crippen molar-refractivity contribution in [1.82, 2.24) is 5.32 Å². The number of rotatable bonds is 5. The molecule has 0 bridgehead atoms. The first-order chi connectivity index (χ1) is 10.6. The van der Waals surface area contributed by atoms with Crippen LogP contribution < -0.4 is 15.4 Å². The summed E-state index contributed by atoms with van der Waals surface area (Å²) >= 11 is 10.9. The summed E-state index contributed by atoms with van der Waals surface area (Å²) in [5.74, 6) is 0.382. The van der Waals surface area contributed by atoms with Gasteiger partial charge in [0.2, 0.25) is 0 Å². The topological polar surface area (TPSA) is 33.3 Å². The van der Waals surface area contributed by atoms with Gasteiger partial charge in [0.15, 0.2) is 5.11 Å². The minimum absolute atomic E-state index is 0.0611. The lowest BCUT2D eigenvalue weighted by atomic mass is 10.1. The molecule has 0 amide bonds. The first-order valence-corrected chi connectivity index (χ1v) is 7.50. The maximum Gasteiger partial charge on any atom is 0.170 e. The van der Waals surface area contributed by atoms with Crippen molar-refractivity contribution in [1.29, 1.82) is 0 Å². The molecule has 0 aliphatic rings. The predicted molar refractivity (Wildman–Crippen MR) is 92.3 cm³/mol. The lowest BCUT2D eigenvalue weighted by molar-refractivity contribution is 0.414. The summed E-state index contributed by atoms with van der Waals surface area (Å²) in [7, 11) is 1.64. The Balaban J connectivity index is 1.78. The Bertz CT molecular complexity index is 649. The van der Waals surface area contributed by atoms with Gasteiger partial charge in [0, 0.05) is 12.2 Å². The second-order valence-corrected chi connectivity index (χ2v) is 5.42. The highest BCUT2D eigenvalue weighted by Gasteiger charge is 2.02. The highest BCUT2D eigenvalue weighted by Crippen LogP contribution is 2.19. The quantitative estimate of drug-likeness (QED) is 0.807. The summed E-state index contributed by atoms with van der Waals surface area (Å²) in [6.45, 7) is 0.688. The normalized spacial score (nSPS) is 10.1. The number of ether oxygens (including phenoxy) is 1. The van der Waals surface area contributed by atoms with E-state index >= 15 is 0 Å². The fourth-order valence-corrected chi connectivity index (χ4v) is 2.26. The Labute approximate surface area is 139 Å². The van der Waals surface area contributed by atoms with Crippen molar-refractivity contribution >= 4 is 34.6 Å². The van der Waals surface area contributed by atoms with Gasteiger partial charge in [-0.05, 0) is 54.5 Å². The monoisotopic (exact) mass is 338 g/mol. The molecule has 0 aromatic heterocycles. The third kappa shape index (κ3) is 4.86. The van der Waals surface area contributed by atoms with Crippen LogP contribution in [0, 0.1) is 5.82 Å². The SMILES string of the molecule is COc1ccc(CCNC(=S)Nc2ccc(F)c(Cl)c2)cc1. The summed E-state index contributed by atoms with van der Waals surface area (Å²) in [6.07, 6.45) is 0.829. The summed E-state index contributed by atoms with van der Waals surface area (Å²) in [4.78, 5) is 0. The molecule has 0 aliphatic carbocycles. The average Bonchev–Trinajstić information content (AvgIpc) is 2.51. The van der Waals surface area contributed by atoms with Crippen LogP contribution in [0.3, 0.4) is 0 Å². The van der Waals surface area contributed by atoms with Gasteiger partial charge in [0.25, 0.3) is 0 Å². The number of methoxy groups -OCH3 is 1. The smallest absolute Gasteiger partial charge is 0.170 e. The number of anilines is 1. The van der Waals surface area contributed by atoms with Gasteiger partial charge in [0.1, 0.15) is 11.6 Å². The van der Waals surface area contributed by atoms with Gasteiger partial charge in [0.05, 0.1) is 12.1 Å². The van der Waals surface area contributed by atoms with Crippen LogP contribution in [0.1, 0.15) is 5.56 Å². The number of thiocarbonyl (C=S) groups is 1. The van der Waals surface area contributed by atoms with Crippen molar-refractivity contribution in [2.24, 2.45) is 0 Å². The van der Waals surface area contributed by atoms with Crippen LogP contribution in [0.4, 0.5) is 10.1 Å². The number of halogens is 2. The zero-order chi connectivity index (χ0) is 15.9. The van der Waals surface area contributed by atoms with E-state index in [2.05, 4.69) is 10.6 Å². The van der Waals surface area contributed by atoms with E-state index in [9.17, 15) is 4.39 Å². The lowest BCUT2D eigenvalue weighted by Gasteiger charge is -2.11. The molecule has 0 saturated carbocycles. The van der Waals surface area contributed by atoms with Crippen LogP contribution in [0.2, 0.25) is 5.02 Å². The van der Waals surface area contributed by atoms with Crippen LogP contribution in [0.15, 0.2) is 42.5 Å². The molecule has 2 aromatic rings. The lowest BCUT2D eigenvalue weighted by Crippen LogP contribution is -2.30. The number of benzene rings is 2. The molecule has 2 rings (SSSR count). The zero-order valence-corrected chi connectivity index (χ0v) is 13.6. The van der Waals surface area contributed by atoms with E-state index in [1.165, 1.54) is 17.7 Å². The fourth-order valence-electron chi connectivity index (χ4n) is 1.86. The second kappa shape index (κ2) is 7.96. The molecule has 0 fully saturated rings. The molecular formula is C16H16ClFN2OS. The van der Waals surface area contributed by atoms with E-state index in [4.69, 9.17) is 28.6 Å². The van der Waals surface area contributed by atoms with Gasteiger partial charge < -0.3 is 15.4 Å². The minimum atomic E-state index is -0.453. The number of hydrogen-bond donors (Lipinski definition) is 2. The molecule has 0 heterocycles. The summed E-state index contributed by atoms with van der Waals surface area (Å²) in [6, 6.07) is 12.2. The van der Waals surface area contributed by atoms with Crippen molar-refractivity contribution < 1.29 is 9.13 Å². The first kappa shape index (κ1) is 16.5. The van der Waals surface area contributed by atoms with E-state index in [0.29, 0.717) is 17.3 Å². The Kier molecular flexibility index (Phi) is 5.98. The van der Waals surface area contributed by atoms with E-state index in [-0.39, 0.29) is 5.02 Å². The molecule has 22 heavy (non-hydrogen) atoms. The molecule has 0 unspecified atom stereocenters. The van der Waals surface area contributed by atoms with Crippen LogP contribution in [0.25, 0.3) is 0 Å². The van der Waals surface area contributed by atoms with E-state index < -0.39 is 5.82 Å². The predicted octanol–water partition coefficient (Wildman–Crippen LogP) is 4.02. The highest BCUT2D eigenvalue weighted by molar-refractivity contribution is 7.80. The van der Waals surface area contributed by atoms with Crippen LogP contribution >= 0.6 is 23.8 Å². The minimum Gasteiger partial charge on any atom is -0.497 e. The van der Waals surface area contributed by atoms with Crippen molar-refractivity contribution in [3.05, 3.63) is 58.9 Å². The van der Waals surface area contributed by atoms with Crippen molar-refractivity contribution in [2.45, 2.75) is 6.42 Å². The standard InChI is InChI=1S/C16H16ClFN2OS/c1-21-13-5-2-11(3-6-13)8-9-19-16(22)20-12-4-7-15(18)14(17)10-12/h2-7,10H,8-9H2,1H3,(H2,19,20,22). The maximum atomic E-state index is 13.1. The Hall–Kier alpha value is -1.85. The van der Waals surface area contributed by atoms with Crippen molar-refractivity contribution in [2.75, 3.05) is 19.0 Å². The molecule has 0 spiro atoms. The molecule has 0 atom stereocenters. The third-order valence-corrected chi connectivity index (χ3v) is 3.57. The summed E-state index contributed by atoms with van der Waals surface area (Å²) in [5, 5.41) is 6.59. The largest absolute Gasteiger partial charge is 0.497 e. The van der Waals surface area contributed by atoms with Crippen LogP contribution in [0.5, 0.6) is 5.75 Å². The first-order valence-electron chi connectivity index (χ1n) is 6.71. The van der Waals surface area contributed by atoms with Crippen molar-refractivity contribution in [3.8, 4) is 5.75 Å². The molecule has 0 radical (unpaired) electrons. The fraction of sp³-hybridized carbons (Fsp3) is 0.188. The van der Waals surface area contributed by atoms with Crippen LogP contribution in [-0.2, 0) is 6.42 Å². The van der Waals surface area contributed by atoms with Gasteiger partial charge in [-0.2, -0.15) is 0 Å². The number of nitrogens with one attached hydrogen (secondary N) is 2. The molecule has 116 valence electrons. The van der Waals surface area contributed by atoms with E-state index in [1.807, 2.05) is 24.3 Å². The Morgan fingerprint density at radius 3 is 2.59 bits per heavy atom.